The van der Waals surface area contributed by atoms with Gasteiger partial charge in [0.25, 0.3) is 0 Å². The lowest BCUT2D eigenvalue weighted by molar-refractivity contribution is 0.0996. The van der Waals surface area contributed by atoms with Crippen molar-refractivity contribution in [1.82, 2.24) is 0 Å². The van der Waals surface area contributed by atoms with Crippen LogP contribution in [0.5, 0.6) is 0 Å². The molecule has 116 valence electrons. The Kier molecular flexibility index (Phi) is 5.42. The third-order valence-corrected chi connectivity index (χ3v) is 6.34. The van der Waals surface area contributed by atoms with Crippen LogP contribution in [0.4, 0.5) is 0 Å². The number of halogens is 2. The Bertz CT molecular complexity index is 768. The van der Waals surface area contributed by atoms with Gasteiger partial charge in [0, 0.05) is 10.6 Å². The molecule has 0 N–H and O–H groups in total. The highest BCUT2D eigenvalue weighted by Crippen LogP contribution is 2.19. The van der Waals surface area contributed by atoms with Crippen molar-refractivity contribution in [2.24, 2.45) is 0 Å². The molecule has 0 bridgehead atoms. The minimum atomic E-state index is -3.53. The van der Waals surface area contributed by atoms with Crippen LogP contribution in [0.15, 0.2) is 53.4 Å². The predicted octanol–water partition coefficient (Wildman–Crippen LogP) is 4.07. The van der Waals surface area contributed by atoms with E-state index in [-0.39, 0.29) is 16.4 Å². The van der Waals surface area contributed by atoms with E-state index in [1.54, 1.807) is 48.5 Å². The smallest absolute Gasteiger partial charge is 0.179 e. The van der Waals surface area contributed by atoms with E-state index in [2.05, 4.69) is 15.9 Å². The molecular weight excluding hydrogens is 388 g/mol. The van der Waals surface area contributed by atoms with E-state index in [1.165, 1.54) is 0 Å². The van der Waals surface area contributed by atoms with Crippen LogP contribution in [-0.4, -0.2) is 24.8 Å². The van der Waals surface area contributed by atoms with Crippen molar-refractivity contribution >= 4 is 43.2 Å². The summed E-state index contributed by atoms with van der Waals surface area (Å²) in [6.07, 6.45) is 0. The fourth-order valence-corrected chi connectivity index (χ4v) is 4.62. The molecule has 0 saturated carbocycles. The number of ketones is 1. The molecule has 0 aliphatic rings. The first-order valence-corrected chi connectivity index (χ1v) is 9.47. The van der Waals surface area contributed by atoms with E-state index in [9.17, 15) is 13.2 Å². The van der Waals surface area contributed by atoms with Gasteiger partial charge >= 0.3 is 0 Å². The maximum absolute atomic E-state index is 12.3. The maximum Gasteiger partial charge on any atom is 0.179 e. The van der Waals surface area contributed by atoms with Gasteiger partial charge in [0.15, 0.2) is 15.6 Å². The number of hydrogen-bond donors (Lipinski definition) is 0. The highest BCUT2D eigenvalue weighted by Gasteiger charge is 2.25. The number of carbonyl (C=O) groups is 1. The Morgan fingerprint density at radius 1 is 1.09 bits per heavy atom. The summed E-state index contributed by atoms with van der Waals surface area (Å²) in [5.41, 5.74) is 1.40. The lowest BCUT2D eigenvalue weighted by Gasteiger charge is -2.10. The van der Waals surface area contributed by atoms with Gasteiger partial charge in [-0.05, 0) is 43.3 Å². The fraction of sp³-hybridized carbons (Fsp3) is 0.188. The number of benzene rings is 2. The summed E-state index contributed by atoms with van der Waals surface area (Å²) in [6, 6.07) is 12.9. The van der Waals surface area contributed by atoms with Gasteiger partial charge in [-0.2, -0.15) is 0 Å². The molecule has 2 aromatic carbocycles. The van der Waals surface area contributed by atoms with Gasteiger partial charge in [0.05, 0.1) is 15.5 Å². The monoisotopic (exact) mass is 400 g/mol. The van der Waals surface area contributed by atoms with Gasteiger partial charge in [-0.15, -0.1) is 0 Å². The highest BCUT2D eigenvalue weighted by atomic mass is 79.9. The summed E-state index contributed by atoms with van der Waals surface area (Å²) < 4.78 is 24.7. The first kappa shape index (κ1) is 17.2. The van der Waals surface area contributed by atoms with Gasteiger partial charge in [0.1, 0.15) is 0 Å². The van der Waals surface area contributed by atoms with Gasteiger partial charge in [-0.25, -0.2) is 8.42 Å². The van der Waals surface area contributed by atoms with Crippen LogP contribution in [0.3, 0.4) is 0 Å². The summed E-state index contributed by atoms with van der Waals surface area (Å²) >= 11 is 8.96. The zero-order valence-electron chi connectivity index (χ0n) is 11.8. The molecule has 1 unspecified atom stereocenters. The average Bonchev–Trinajstić information content (AvgIpc) is 2.47. The maximum atomic E-state index is 12.3. The fourth-order valence-electron chi connectivity index (χ4n) is 1.91. The molecule has 0 aliphatic heterocycles. The highest BCUT2D eigenvalue weighted by molar-refractivity contribution is 9.10. The number of rotatable bonds is 5. The molecule has 0 fully saturated rings. The molecule has 6 heteroatoms. The van der Waals surface area contributed by atoms with Gasteiger partial charge < -0.3 is 0 Å². The van der Waals surface area contributed by atoms with Gasteiger partial charge in [-0.3, -0.25) is 4.79 Å². The zero-order chi connectivity index (χ0) is 16.3. The molecule has 2 aromatic rings. The molecule has 0 aromatic heterocycles. The molecule has 0 saturated heterocycles. The standard InChI is InChI=1S/C16H14BrClO3S/c1-11-2-8-14(9-3-11)22(20,21)10-15(17)16(19)12-4-6-13(18)7-5-12/h2-9,15H,10H2,1H3. The van der Waals surface area contributed by atoms with Crippen LogP contribution >= 0.6 is 27.5 Å². The predicted molar refractivity (Wildman–Crippen MR) is 91.7 cm³/mol. The third-order valence-electron chi connectivity index (χ3n) is 3.16. The first-order valence-electron chi connectivity index (χ1n) is 6.53. The first-order chi connectivity index (χ1) is 10.3. The van der Waals surface area contributed by atoms with E-state index in [4.69, 9.17) is 11.6 Å². The summed E-state index contributed by atoms with van der Waals surface area (Å²) in [4.78, 5) is 11.7. The second kappa shape index (κ2) is 6.94. The number of hydrogen-bond acceptors (Lipinski definition) is 3. The zero-order valence-corrected chi connectivity index (χ0v) is 15.0. The average molecular weight is 402 g/mol. The van der Waals surface area contributed by atoms with Crippen LogP contribution in [0.1, 0.15) is 15.9 Å². The second-order valence-corrected chi connectivity index (χ2v) is 8.51. The number of alkyl halides is 1. The van der Waals surface area contributed by atoms with Crippen molar-refractivity contribution in [2.75, 3.05) is 5.75 Å². The minimum Gasteiger partial charge on any atom is -0.293 e. The van der Waals surface area contributed by atoms with Crippen molar-refractivity contribution in [1.29, 1.82) is 0 Å². The lowest BCUT2D eigenvalue weighted by Crippen LogP contribution is -2.24. The van der Waals surface area contributed by atoms with Crippen molar-refractivity contribution in [2.45, 2.75) is 16.6 Å². The molecular formula is C16H14BrClO3S. The molecule has 0 heterocycles. The van der Waals surface area contributed by atoms with Crippen molar-refractivity contribution < 1.29 is 13.2 Å². The van der Waals surface area contributed by atoms with Crippen LogP contribution < -0.4 is 0 Å². The molecule has 0 spiro atoms. The van der Waals surface area contributed by atoms with E-state index in [0.29, 0.717) is 10.6 Å². The molecule has 22 heavy (non-hydrogen) atoms. The van der Waals surface area contributed by atoms with Crippen LogP contribution in [0.2, 0.25) is 5.02 Å². The van der Waals surface area contributed by atoms with E-state index >= 15 is 0 Å². The molecule has 0 aliphatic carbocycles. The van der Waals surface area contributed by atoms with Crippen LogP contribution in [-0.2, 0) is 9.84 Å². The van der Waals surface area contributed by atoms with Crippen LogP contribution in [0.25, 0.3) is 0 Å². The molecule has 3 nitrogen and oxygen atoms in total. The van der Waals surface area contributed by atoms with Gasteiger partial charge in [-0.1, -0.05) is 45.2 Å². The summed E-state index contributed by atoms with van der Waals surface area (Å²) in [7, 11) is -3.53. The van der Waals surface area contributed by atoms with E-state index in [1.807, 2.05) is 6.92 Å². The number of aryl methyl sites for hydroxylation is 1. The van der Waals surface area contributed by atoms with E-state index < -0.39 is 14.7 Å². The quantitative estimate of drug-likeness (QED) is 0.560. The number of sulfone groups is 1. The van der Waals surface area contributed by atoms with Crippen molar-refractivity contribution in [3.63, 3.8) is 0 Å². The Labute approximate surface area is 143 Å². The Balaban J connectivity index is 2.16. The summed E-state index contributed by atoms with van der Waals surface area (Å²) in [5, 5.41) is 0.523. The number of carbonyl (C=O) groups excluding carboxylic acids is 1. The third kappa shape index (κ3) is 4.18. The normalized spacial score (nSPS) is 12.9. The Morgan fingerprint density at radius 2 is 1.64 bits per heavy atom. The summed E-state index contributed by atoms with van der Waals surface area (Å²) in [5.74, 6) is -0.579. The topological polar surface area (TPSA) is 51.2 Å². The van der Waals surface area contributed by atoms with Gasteiger partial charge in [0.2, 0.25) is 0 Å². The summed E-state index contributed by atoms with van der Waals surface area (Å²) in [6.45, 7) is 1.88. The van der Waals surface area contributed by atoms with Crippen LogP contribution in [0, 0.1) is 6.92 Å². The van der Waals surface area contributed by atoms with E-state index in [0.717, 1.165) is 5.56 Å². The Hall–Kier alpha value is -1.17. The lowest BCUT2D eigenvalue weighted by atomic mass is 10.1. The van der Waals surface area contributed by atoms with Crippen molar-refractivity contribution in [3.05, 3.63) is 64.7 Å². The largest absolute Gasteiger partial charge is 0.293 e. The Morgan fingerprint density at radius 3 is 2.18 bits per heavy atom. The minimum absolute atomic E-state index is 0.214. The number of Topliss-reactive ketones (excluding diaryl/α,β-unsaturated/α-hetero) is 1. The second-order valence-electron chi connectivity index (χ2n) is 4.93. The van der Waals surface area contributed by atoms with Crippen molar-refractivity contribution in [3.8, 4) is 0 Å². The molecule has 0 amide bonds. The SMILES string of the molecule is Cc1ccc(S(=O)(=O)CC(Br)C(=O)c2ccc(Cl)cc2)cc1. The molecule has 0 radical (unpaired) electrons. The molecule has 2 rings (SSSR count). The molecule has 1 atom stereocenters.